The van der Waals surface area contributed by atoms with Gasteiger partial charge in [-0.15, -0.1) is 11.3 Å². The summed E-state index contributed by atoms with van der Waals surface area (Å²) in [6, 6.07) is 9.84. The first kappa shape index (κ1) is 21.4. The van der Waals surface area contributed by atoms with Crippen LogP contribution in [0.5, 0.6) is 0 Å². The van der Waals surface area contributed by atoms with Gasteiger partial charge in [0, 0.05) is 25.0 Å². The zero-order valence-corrected chi connectivity index (χ0v) is 17.8. The molecule has 1 saturated heterocycles. The molecule has 3 aromatic rings. The van der Waals surface area contributed by atoms with Crippen LogP contribution in [0.4, 0.5) is 10.1 Å². The number of morpholine rings is 1. The van der Waals surface area contributed by atoms with Crippen LogP contribution in [0.15, 0.2) is 36.4 Å². The number of benzene rings is 1. The van der Waals surface area contributed by atoms with Crippen molar-refractivity contribution in [2.45, 2.75) is 13.0 Å². The molecule has 0 atom stereocenters. The van der Waals surface area contributed by atoms with Crippen molar-refractivity contribution in [1.82, 2.24) is 9.88 Å². The average Bonchev–Trinajstić information content (AvgIpc) is 3.13. The summed E-state index contributed by atoms with van der Waals surface area (Å²) in [5.41, 5.74) is 1.50. The summed E-state index contributed by atoms with van der Waals surface area (Å²) in [6.07, 6.45) is -0.146. The van der Waals surface area contributed by atoms with E-state index in [1.165, 1.54) is 24.5 Å². The van der Waals surface area contributed by atoms with Crippen LogP contribution in [-0.2, 0) is 27.2 Å². The Morgan fingerprint density at radius 1 is 1.23 bits per heavy atom. The highest BCUT2D eigenvalue weighted by Gasteiger charge is 2.23. The number of nitrogens with zero attached hydrogens (tertiary/aromatic N) is 2. The summed E-state index contributed by atoms with van der Waals surface area (Å²) in [6.45, 7) is 3.77. The molecule has 0 bridgehead atoms. The molecule has 1 aromatic carbocycles. The summed E-state index contributed by atoms with van der Waals surface area (Å²) >= 11 is 1.17. The van der Waals surface area contributed by atoms with Crippen LogP contribution in [0.3, 0.4) is 0 Å². The Morgan fingerprint density at radius 3 is 2.74 bits per heavy atom. The van der Waals surface area contributed by atoms with E-state index in [2.05, 4.69) is 15.2 Å². The zero-order chi connectivity index (χ0) is 21.8. The Balaban J connectivity index is 1.60. The Bertz CT molecular complexity index is 1110. The van der Waals surface area contributed by atoms with Gasteiger partial charge in [-0.25, -0.2) is 14.2 Å². The number of nitrogens with one attached hydrogen (secondary N) is 1. The SMILES string of the molecule is COC(=O)c1sc2nc(CN3CCOCC3)ccc2c1NC(=O)Cc1ccccc1F. The van der Waals surface area contributed by atoms with Crippen LogP contribution in [0.25, 0.3) is 10.2 Å². The number of carbonyl (C=O) groups is 2. The molecule has 1 aliphatic heterocycles. The maximum Gasteiger partial charge on any atom is 0.350 e. The summed E-state index contributed by atoms with van der Waals surface area (Å²) in [7, 11) is 1.29. The number of thiophene rings is 1. The van der Waals surface area contributed by atoms with Crippen molar-refractivity contribution in [3.63, 3.8) is 0 Å². The Hall–Kier alpha value is -2.88. The molecule has 162 valence electrons. The second-order valence-electron chi connectivity index (χ2n) is 7.16. The number of rotatable bonds is 6. The monoisotopic (exact) mass is 443 g/mol. The normalized spacial score (nSPS) is 14.5. The fraction of sp³-hybridized carbons (Fsp3) is 0.318. The first-order valence-corrected chi connectivity index (χ1v) is 10.7. The minimum absolute atomic E-state index is 0.146. The number of amides is 1. The number of halogens is 1. The van der Waals surface area contributed by atoms with Gasteiger partial charge >= 0.3 is 5.97 Å². The van der Waals surface area contributed by atoms with Crippen molar-refractivity contribution in [3.8, 4) is 0 Å². The number of anilines is 1. The van der Waals surface area contributed by atoms with E-state index in [0.29, 0.717) is 35.7 Å². The van der Waals surface area contributed by atoms with Crippen LogP contribution in [0.2, 0.25) is 0 Å². The highest BCUT2D eigenvalue weighted by atomic mass is 32.1. The lowest BCUT2D eigenvalue weighted by Gasteiger charge is -2.26. The van der Waals surface area contributed by atoms with Gasteiger partial charge in [0.2, 0.25) is 5.91 Å². The number of methoxy groups -OCH3 is 1. The van der Waals surface area contributed by atoms with E-state index in [4.69, 9.17) is 9.47 Å². The zero-order valence-electron chi connectivity index (χ0n) is 17.0. The van der Waals surface area contributed by atoms with Crippen molar-refractivity contribution < 1.29 is 23.5 Å². The van der Waals surface area contributed by atoms with Gasteiger partial charge in [-0.2, -0.15) is 0 Å². The van der Waals surface area contributed by atoms with Gasteiger partial charge in [0.1, 0.15) is 15.5 Å². The minimum atomic E-state index is -0.557. The van der Waals surface area contributed by atoms with Gasteiger partial charge in [-0.3, -0.25) is 9.69 Å². The molecular formula is C22H22FN3O4S. The highest BCUT2D eigenvalue weighted by molar-refractivity contribution is 7.21. The summed E-state index contributed by atoms with van der Waals surface area (Å²) in [4.78, 5) is 32.8. The lowest BCUT2D eigenvalue weighted by molar-refractivity contribution is -0.115. The molecular weight excluding hydrogens is 421 g/mol. The number of carbonyl (C=O) groups excluding carboxylic acids is 2. The van der Waals surface area contributed by atoms with E-state index in [1.54, 1.807) is 18.2 Å². The highest BCUT2D eigenvalue weighted by Crippen LogP contribution is 2.35. The molecule has 0 aliphatic carbocycles. The van der Waals surface area contributed by atoms with Crippen LogP contribution in [-0.4, -0.2) is 55.2 Å². The first-order valence-electron chi connectivity index (χ1n) is 9.89. The van der Waals surface area contributed by atoms with E-state index in [0.717, 1.165) is 18.8 Å². The van der Waals surface area contributed by atoms with Gasteiger partial charge in [0.15, 0.2) is 0 Å². The smallest absolute Gasteiger partial charge is 0.350 e. The van der Waals surface area contributed by atoms with E-state index in [9.17, 15) is 14.0 Å². The molecule has 3 heterocycles. The van der Waals surface area contributed by atoms with Crippen LogP contribution in [0, 0.1) is 5.82 Å². The molecule has 9 heteroatoms. The minimum Gasteiger partial charge on any atom is -0.465 e. The van der Waals surface area contributed by atoms with E-state index in [1.807, 2.05) is 12.1 Å². The van der Waals surface area contributed by atoms with Crippen molar-refractivity contribution in [2.75, 3.05) is 38.7 Å². The summed E-state index contributed by atoms with van der Waals surface area (Å²) in [5.74, 6) is -1.43. The Kier molecular flexibility index (Phi) is 6.55. The van der Waals surface area contributed by atoms with Gasteiger partial charge in [0.25, 0.3) is 0 Å². The fourth-order valence-corrected chi connectivity index (χ4v) is 4.52. The Morgan fingerprint density at radius 2 is 2.00 bits per heavy atom. The maximum atomic E-state index is 13.9. The molecule has 2 aromatic heterocycles. The summed E-state index contributed by atoms with van der Waals surface area (Å²) in [5, 5.41) is 3.41. The van der Waals surface area contributed by atoms with E-state index in [-0.39, 0.29) is 16.9 Å². The van der Waals surface area contributed by atoms with Gasteiger partial charge in [-0.1, -0.05) is 18.2 Å². The number of ether oxygens (including phenoxy) is 2. The molecule has 1 aliphatic rings. The third-order valence-electron chi connectivity index (χ3n) is 5.05. The third kappa shape index (κ3) is 4.90. The quantitative estimate of drug-likeness (QED) is 0.589. The lowest BCUT2D eigenvalue weighted by Crippen LogP contribution is -2.35. The van der Waals surface area contributed by atoms with Crippen LogP contribution in [0.1, 0.15) is 20.9 Å². The fourth-order valence-electron chi connectivity index (χ4n) is 3.45. The van der Waals surface area contributed by atoms with E-state index >= 15 is 0 Å². The summed E-state index contributed by atoms with van der Waals surface area (Å²) < 4.78 is 24.2. The predicted molar refractivity (Wildman–Crippen MR) is 116 cm³/mol. The standard InChI is InChI=1S/C22H22FN3O4S/c1-29-22(28)20-19(25-18(27)12-14-4-2-3-5-17(14)23)16-7-6-15(24-21(16)31-20)13-26-8-10-30-11-9-26/h2-7H,8-13H2,1H3,(H,25,27). The molecule has 4 rings (SSSR count). The first-order chi connectivity index (χ1) is 15.0. The molecule has 1 amide bonds. The van der Waals surface area contributed by atoms with Crippen molar-refractivity contribution in [2.24, 2.45) is 0 Å². The lowest BCUT2D eigenvalue weighted by atomic mass is 10.1. The average molecular weight is 444 g/mol. The molecule has 0 spiro atoms. The van der Waals surface area contributed by atoms with Crippen molar-refractivity contribution >= 4 is 39.1 Å². The molecule has 0 unspecified atom stereocenters. The van der Waals surface area contributed by atoms with Crippen molar-refractivity contribution in [3.05, 3.63) is 58.3 Å². The predicted octanol–water partition coefficient (Wildman–Crippen LogP) is 3.24. The maximum absolute atomic E-state index is 13.9. The second kappa shape index (κ2) is 9.51. The molecule has 7 nitrogen and oxygen atoms in total. The van der Waals surface area contributed by atoms with Gasteiger partial charge in [-0.05, 0) is 23.8 Å². The number of esters is 1. The van der Waals surface area contributed by atoms with Crippen LogP contribution >= 0.6 is 11.3 Å². The molecule has 0 saturated carbocycles. The molecule has 0 radical (unpaired) electrons. The number of hydrogen-bond acceptors (Lipinski definition) is 7. The number of hydrogen-bond donors (Lipinski definition) is 1. The molecule has 1 N–H and O–H groups in total. The van der Waals surface area contributed by atoms with Crippen LogP contribution < -0.4 is 5.32 Å². The van der Waals surface area contributed by atoms with Gasteiger partial charge < -0.3 is 14.8 Å². The van der Waals surface area contributed by atoms with E-state index < -0.39 is 17.7 Å². The molecule has 31 heavy (non-hydrogen) atoms. The second-order valence-corrected chi connectivity index (χ2v) is 8.16. The number of fused-ring (bicyclic) bond motifs is 1. The van der Waals surface area contributed by atoms with Gasteiger partial charge in [0.05, 0.1) is 38.1 Å². The number of pyridine rings is 1. The largest absolute Gasteiger partial charge is 0.465 e. The number of aromatic nitrogens is 1. The Labute approximate surface area is 182 Å². The topological polar surface area (TPSA) is 80.8 Å². The molecule has 1 fully saturated rings. The van der Waals surface area contributed by atoms with Crippen molar-refractivity contribution in [1.29, 1.82) is 0 Å². The third-order valence-corrected chi connectivity index (χ3v) is 6.13.